The normalized spacial score (nSPS) is 11.6. The number of aromatic nitrogens is 3. The summed E-state index contributed by atoms with van der Waals surface area (Å²) in [5.41, 5.74) is -0.843. The first-order chi connectivity index (χ1) is 8.80. The third kappa shape index (κ3) is 2.67. The van der Waals surface area contributed by atoms with E-state index in [1.807, 2.05) is 0 Å². The molecule has 0 bridgehead atoms. The number of nitrogens with zero attached hydrogens (tertiary/aromatic N) is 3. The van der Waals surface area contributed by atoms with Crippen molar-refractivity contribution in [3.05, 3.63) is 45.7 Å². The lowest BCUT2D eigenvalue weighted by Gasteiger charge is -2.08. The highest BCUT2D eigenvalue weighted by Crippen LogP contribution is 2.30. The van der Waals surface area contributed by atoms with Crippen molar-refractivity contribution in [2.24, 2.45) is 7.05 Å². The standard InChI is InChI=1S/C11H7BrF3N3O/c1-18-8(10(12)16-17-18)9(19)6-3-2-4-7(5-6)11(13,14)15/h2-5H,1H3. The minimum absolute atomic E-state index is 0.0686. The molecule has 0 spiro atoms. The number of aryl methyl sites for hydroxylation is 1. The third-order valence-corrected chi connectivity index (χ3v) is 2.99. The Morgan fingerprint density at radius 1 is 1.37 bits per heavy atom. The van der Waals surface area contributed by atoms with Crippen LogP contribution < -0.4 is 0 Å². The van der Waals surface area contributed by atoms with Crippen LogP contribution in [0.15, 0.2) is 28.9 Å². The average molecular weight is 334 g/mol. The Kier molecular flexibility index (Phi) is 3.44. The summed E-state index contributed by atoms with van der Waals surface area (Å²) in [4.78, 5) is 12.1. The fourth-order valence-electron chi connectivity index (χ4n) is 1.55. The van der Waals surface area contributed by atoms with Gasteiger partial charge in [-0.1, -0.05) is 17.3 Å². The lowest BCUT2D eigenvalue weighted by molar-refractivity contribution is -0.137. The van der Waals surface area contributed by atoms with Crippen LogP contribution in [0, 0.1) is 0 Å². The zero-order valence-corrected chi connectivity index (χ0v) is 11.2. The topological polar surface area (TPSA) is 47.8 Å². The molecular formula is C11H7BrF3N3O. The molecule has 0 N–H and O–H groups in total. The number of hydrogen-bond donors (Lipinski definition) is 0. The van der Waals surface area contributed by atoms with Crippen molar-refractivity contribution in [2.75, 3.05) is 0 Å². The van der Waals surface area contributed by atoms with Gasteiger partial charge in [-0.25, -0.2) is 4.68 Å². The predicted octanol–water partition coefficient (Wildman–Crippen LogP) is 2.83. The Bertz CT molecular complexity index is 617. The maximum atomic E-state index is 12.6. The molecule has 0 atom stereocenters. The van der Waals surface area contributed by atoms with Gasteiger partial charge in [0.05, 0.1) is 5.56 Å². The van der Waals surface area contributed by atoms with Crippen molar-refractivity contribution in [1.82, 2.24) is 15.0 Å². The third-order valence-electron chi connectivity index (χ3n) is 2.45. The molecule has 1 aromatic heterocycles. The summed E-state index contributed by atoms with van der Waals surface area (Å²) >= 11 is 3.04. The molecule has 0 amide bonds. The number of rotatable bonds is 2. The second-order valence-corrected chi connectivity index (χ2v) is 4.51. The molecule has 0 aliphatic rings. The van der Waals surface area contributed by atoms with E-state index in [0.29, 0.717) is 0 Å². The van der Waals surface area contributed by atoms with E-state index in [0.717, 1.165) is 12.1 Å². The van der Waals surface area contributed by atoms with Crippen LogP contribution in [0.25, 0.3) is 0 Å². The molecule has 19 heavy (non-hydrogen) atoms. The van der Waals surface area contributed by atoms with Gasteiger partial charge in [0.1, 0.15) is 5.69 Å². The first kappa shape index (κ1) is 13.7. The molecule has 0 saturated carbocycles. The molecule has 2 aromatic rings. The smallest absolute Gasteiger partial charge is 0.287 e. The quantitative estimate of drug-likeness (QED) is 0.794. The van der Waals surface area contributed by atoms with Gasteiger partial charge in [-0.3, -0.25) is 4.79 Å². The van der Waals surface area contributed by atoms with Crippen molar-refractivity contribution in [2.45, 2.75) is 6.18 Å². The second-order valence-electron chi connectivity index (χ2n) is 3.76. The Balaban J connectivity index is 2.46. The van der Waals surface area contributed by atoms with Crippen LogP contribution >= 0.6 is 15.9 Å². The van der Waals surface area contributed by atoms with Crippen molar-refractivity contribution < 1.29 is 18.0 Å². The van der Waals surface area contributed by atoms with Crippen LogP contribution in [0.4, 0.5) is 13.2 Å². The van der Waals surface area contributed by atoms with Gasteiger partial charge >= 0.3 is 6.18 Å². The van der Waals surface area contributed by atoms with Gasteiger partial charge in [0, 0.05) is 12.6 Å². The Morgan fingerprint density at radius 2 is 2.05 bits per heavy atom. The number of carbonyl (C=O) groups excluding carboxylic acids is 1. The number of halogens is 4. The summed E-state index contributed by atoms with van der Waals surface area (Å²) in [6.07, 6.45) is -4.49. The Labute approximate surface area is 114 Å². The van der Waals surface area contributed by atoms with E-state index >= 15 is 0 Å². The van der Waals surface area contributed by atoms with Crippen LogP contribution in [0.3, 0.4) is 0 Å². The molecule has 0 aliphatic heterocycles. The Morgan fingerprint density at radius 3 is 2.58 bits per heavy atom. The second kappa shape index (κ2) is 4.76. The summed E-state index contributed by atoms with van der Waals surface area (Å²) < 4.78 is 39.1. The van der Waals surface area contributed by atoms with Crippen LogP contribution in [0.2, 0.25) is 0 Å². The van der Waals surface area contributed by atoms with E-state index in [1.165, 1.54) is 23.9 Å². The number of ketones is 1. The first-order valence-corrected chi connectivity index (χ1v) is 5.87. The SMILES string of the molecule is Cn1nnc(Br)c1C(=O)c1cccc(C(F)(F)F)c1. The lowest BCUT2D eigenvalue weighted by atomic mass is 10.1. The van der Waals surface area contributed by atoms with Crippen LogP contribution in [0.5, 0.6) is 0 Å². The number of alkyl halides is 3. The van der Waals surface area contributed by atoms with Crippen LogP contribution in [0.1, 0.15) is 21.6 Å². The average Bonchev–Trinajstić information content (AvgIpc) is 2.67. The fraction of sp³-hybridized carbons (Fsp3) is 0.182. The van der Waals surface area contributed by atoms with Crippen molar-refractivity contribution in [3.8, 4) is 0 Å². The van der Waals surface area contributed by atoms with E-state index in [2.05, 4.69) is 26.2 Å². The van der Waals surface area contributed by atoms with Gasteiger partial charge in [0.2, 0.25) is 5.78 Å². The van der Waals surface area contributed by atoms with Crippen molar-refractivity contribution >= 4 is 21.7 Å². The van der Waals surface area contributed by atoms with Gasteiger partial charge in [0.25, 0.3) is 0 Å². The number of carbonyl (C=O) groups is 1. The minimum Gasteiger partial charge on any atom is -0.287 e. The summed E-state index contributed by atoms with van der Waals surface area (Å²) in [6.45, 7) is 0. The molecule has 2 rings (SSSR count). The fourth-order valence-corrected chi connectivity index (χ4v) is 2.05. The maximum absolute atomic E-state index is 12.6. The van der Waals surface area contributed by atoms with Gasteiger partial charge in [-0.2, -0.15) is 13.2 Å². The minimum atomic E-state index is -4.49. The van der Waals surface area contributed by atoms with E-state index in [4.69, 9.17) is 0 Å². The van der Waals surface area contributed by atoms with E-state index in [9.17, 15) is 18.0 Å². The molecule has 100 valence electrons. The van der Waals surface area contributed by atoms with Gasteiger partial charge < -0.3 is 0 Å². The highest BCUT2D eigenvalue weighted by Gasteiger charge is 2.31. The van der Waals surface area contributed by atoms with Gasteiger partial charge in [-0.15, -0.1) is 5.10 Å². The molecular weight excluding hydrogens is 327 g/mol. The largest absolute Gasteiger partial charge is 0.416 e. The summed E-state index contributed by atoms with van der Waals surface area (Å²) in [6, 6.07) is 4.22. The summed E-state index contributed by atoms with van der Waals surface area (Å²) in [5, 5.41) is 7.23. The van der Waals surface area contributed by atoms with Crippen LogP contribution in [-0.4, -0.2) is 20.8 Å². The maximum Gasteiger partial charge on any atom is 0.416 e. The Hall–Kier alpha value is -1.70. The van der Waals surface area contributed by atoms with Crippen molar-refractivity contribution in [1.29, 1.82) is 0 Å². The summed E-state index contributed by atoms with van der Waals surface area (Å²) in [7, 11) is 1.48. The molecule has 0 saturated heterocycles. The zero-order chi connectivity index (χ0) is 14.2. The van der Waals surface area contributed by atoms with Crippen LogP contribution in [-0.2, 0) is 13.2 Å². The molecule has 0 fully saturated rings. The molecule has 0 unspecified atom stereocenters. The monoisotopic (exact) mass is 333 g/mol. The van der Waals surface area contributed by atoms with E-state index in [-0.39, 0.29) is 15.9 Å². The predicted molar refractivity (Wildman–Crippen MR) is 63.6 cm³/mol. The highest BCUT2D eigenvalue weighted by atomic mass is 79.9. The van der Waals surface area contributed by atoms with Crippen molar-refractivity contribution in [3.63, 3.8) is 0 Å². The lowest BCUT2D eigenvalue weighted by Crippen LogP contribution is -2.11. The summed E-state index contributed by atoms with van der Waals surface area (Å²) in [5.74, 6) is -0.578. The molecule has 4 nitrogen and oxygen atoms in total. The molecule has 8 heteroatoms. The van der Waals surface area contributed by atoms with E-state index < -0.39 is 17.5 Å². The van der Waals surface area contributed by atoms with Gasteiger partial charge in [0.15, 0.2) is 4.60 Å². The van der Waals surface area contributed by atoms with E-state index in [1.54, 1.807) is 0 Å². The zero-order valence-electron chi connectivity index (χ0n) is 9.57. The molecule has 0 radical (unpaired) electrons. The van der Waals surface area contributed by atoms with Gasteiger partial charge in [-0.05, 0) is 28.1 Å². The first-order valence-electron chi connectivity index (χ1n) is 5.08. The number of benzene rings is 1. The molecule has 0 aliphatic carbocycles. The molecule has 1 aromatic carbocycles. The highest BCUT2D eigenvalue weighted by molar-refractivity contribution is 9.10. The number of hydrogen-bond acceptors (Lipinski definition) is 3. The molecule has 1 heterocycles.